The van der Waals surface area contributed by atoms with Crippen LogP contribution in [-0.4, -0.2) is 9.85 Å². The second-order valence-corrected chi connectivity index (χ2v) is 6.25. The molecule has 26 heavy (non-hydrogen) atoms. The zero-order valence-corrected chi connectivity index (χ0v) is 14.3. The summed E-state index contributed by atoms with van der Waals surface area (Å²) in [7, 11) is 0. The average Bonchev–Trinajstić information content (AvgIpc) is 2.61. The number of rotatable bonds is 5. The van der Waals surface area contributed by atoms with Crippen molar-refractivity contribution >= 4 is 33.5 Å². The van der Waals surface area contributed by atoms with Crippen molar-refractivity contribution in [2.45, 2.75) is 19.8 Å². The third kappa shape index (κ3) is 3.19. The van der Waals surface area contributed by atoms with Crippen LogP contribution in [0.4, 0.5) is 22.7 Å². The summed E-state index contributed by atoms with van der Waals surface area (Å²) in [6, 6.07) is 15.2. The summed E-state index contributed by atoms with van der Waals surface area (Å²) in [4.78, 5) is 21.6. The maximum Gasteiger partial charge on any atom is 0.300 e. The average molecular weight is 351 g/mol. The zero-order chi connectivity index (χ0) is 18.8. The molecule has 7 nitrogen and oxygen atoms in total. The molecule has 0 saturated heterocycles. The molecular formula is C19H17N3O4. The molecule has 0 atom stereocenters. The lowest BCUT2D eigenvalue weighted by atomic mass is 10.0. The van der Waals surface area contributed by atoms with Gasteiger partial charge in [-0.25, -0.2) is 0 Å². The van der Waals surface area contributed by atoms with Crippen LogP contribution in [0.15, 0.2) is 54.6 Å². The van der Waals surface area contributed by atoms with Gasteiger partial charge in [-0.2, -0.15) is 0 Å². The fraction of sp³-hybridized carbons (Fsp3) is 0.158. The van der Waals surface area contributed by atoms with Gasteiger partial charge in [0.05, 0.1) is 21.3 Å². The van der Waals surface area contributed by atoms with Gasteiger partial charge in [0, 0.05) is 11.1 Å². The summed E-state index contributed by atoms with van der Waals surface area (Å²) in [5.74, 6) is 0.374. The van der Waals surface area contributed by atoms with Crippen LogP contribution >= 0.6 is 0 Å². The fourth-order valence-corrected chi connectivity index (χ4v) is 2.86. The molecule has 0 unspecified atom stereocenters. The van der Waals surface area contributed by atoms with Crippen molar-refractivity contribution in [2.75, 3.05) is 5.32 Å². The van der Waals surface area contributed by atoms with Gasteiger partial charge in [0.15, 0.2) is 0 Å². The summed E-state index contributed by atoms with van der Waals surface area (Å²) in [6.45, 7) is 4.16. The summed E-state index contributed by atoms with van der Waals surface area (Å²) < 4.78 is 0. The molecule has 0 aliphatic rings. The smallest absolute Gasteiger partial charge is 0.300 e. The van der Waals surface area contributed by atoms with E-state index in [9.17, 15) is 20.2 Å². The number of non-ortho nitro benzene ring substituents is 1. The number of fused-ring (bicyclic) bond motifs is 1. The van der Waals surface area contributed by atoms with Gasteiger partial charge >= 0.3 is 0 Å². The molecule has 3 aromatic rings. The normalized spacial score (nSPS) is 10.9. The first-order valence-electron chi connectivity index (χ1n) is 8.10. The molecule has 3 aromatic carbocycles. The number of nitrogens with one attached hydrogen (secondary N) is 1. The van der Waals surface area contributed by atoms with Crippen LogP contribution in [0, 0.1) is 20.2 Å². The Morgan fingerprint density at radius 2 is 1.42 bits per heavy atom. The Labute approximate surface area is 149 Å². The first-order chi connectivity index (χ1) is 12.4. The molecule has 132 valence electrons. The molecular weight excluding hydrogens is 334 g/mol. The van der Waals surface area contributed by atoms with E-state index in [0.29, 0.717) is 22.4 Å². The molecule has 0 spiro atoms. The van der Waals surface area contributed by atoms with Gasteiger partial charge in [-0.15, -0.1) is 0 Å². The van der Waals surface area contributed by atoms with Gasteiger partial charge in [0.1, 0.15) is 5.69 Å². The van der Waals surface area contributed by atoms with Crippen LogP contribution in [0.25, 0.3) is 10.8 Å². The van der Waals surface area contributed by atoms with Crippen LogP contribution in [0.2, 0.25) is 0 Å². The monoisotopic (exact) mass is 351 g/mol. The second-order valence-electron chi connectivity index (χ2n) is 6.25. The van der Waals surface area contributed by atoms with Crippen LogP contribution < -0.4 is 5.32 Å². The van der Waals surface area contributed by atoms with Crippen LogP contribution in [0.3, 0.4) is 0 Å². The second kappa shape index (κ2) is 6.79. The Morgan fingerprint density at radius 3 is 1.96 bits per heavy atom. The highest BCUT2D eigenvalue weighted by Crippen LogP contribution is 2.40. The van der Waals surface area contributed by atoms with E-state index in [1.54, 1.807) is 24.3 Å². The Balaban J connectivity index is 2.18. The van der Waals surface area contributed by atoms with Gasteiger partial charge in [-0.05, 0) is 29.7 Å². The lowest BCUT2D eigenvalue weighted by Crippen LogP contribution is -2.01. The molecule has 0 fully saturated rings. The van der Waals surface area contributed by atoms with E-state index in [4.69, 9.17) is 0 Å². The minimum Gasteiger partial charge on any atom is -0.349 e. The highest BCUT2D eigenvalue weighted by molar-refractivity contribution is 6.04. The van der Waals surface area contributed by atoms with E-state index in [0.717, 1.165) is 11.6 Å². The van der Waals surface area contributed by atoms with Gasteiger partial charge in [-0.3, -0.25) is 20.2 Å². The minimum absolute atomic E-state index is 0.244. The molecule has 3 rings (SSSR count). The predicted molar refractivity (Wildman–Crippen MR) is 101 cm³/mol. The number of nitro groups is 2. The van der Waals surface area contributed by atoms with Gasteiger partial charge in [-0.1, -0.05) is 44.2 Å². The van der Waals surface area contributed by atoms with Crippen molar-refractivity contribution in [1.82, 2.24) is 0 Å². The molecule has 0 aromatic heterocycles. The number of hydrogen-bond donors (Lipinski definition) is 1. The van der Waals surface area contributed by atoms with Crippen molar-refractivity contribution < 1.29 is 9.85 Å². The third-order valence-electron chi connectivity index (χ3n) is 4.24. The maximum absolute atomic E-state index is 11.5. The Hall–Kier alpha value is -3.48. The molecule has 7 heteroatoms. The molecule has 0 saturated carbocycles. The van der Waals surface area contributed by atoms with E-state index in [2.05, 4.69) is 19.2 Å². The van der Waals surface area contributed by atoms with Crippen molar-refractivity contribution in [3.8, 4) is 0 Å². The summed E-state index contributed by atoms with van der Waals surface area (Å²) in [5, 5.41) is 26.7. The number of nitro benzene ring substituents is 2. The Morgan fingerprint density at radius 1 is 0.846 bits per heavy atom. The highest BCUT2D eigenvalue weighted by Gasteiger charge is 2.25. The SMILES string of the molecule is CC(C)c1ccc(Nc2c([N+](=O)[O-])cc([N+](=O)[O-])c3ccccc23)cc1. The Bertz CT molecular complexity index is 998. The number of anilines is 2. The lowest BCUT2D eigenvalue weighted by molar-refractivity contribution is -0.392. The van der Waals surface area contributed by atoms with E-state index in [-0.39, 0.29) is 17.1 Å². The zero-order valence-electron chi connectivity index (χ0n) is 14.3. The fourth-order valence-electron chi connectivity index (χ4n) is 2.86. The van der Waals surface area contributed by atoms with E-state index in [1.807, 2.05) is 24.3 Å². The maximum atomic E-state index is 11.5. The summed E-state index contributed by atoms with van der Waals surface area (Å²) >= 11 is 0. The molecule has 0 amide bonds. The van der Waals surface area contributed by atoms with Crippen molar-refractivity contribution in [1.29, 1.82) is 0 Å². The number of nitrogens with zero attached hydrogens (tertiary/aromatic N) is 2. The quantitative estimate of drug-likeness (QED) is 0.482. The summed E-state index contributed by atoms with van der Waals surface area (Å²) in [6.07, 6.45) is 0. The van der Waals surface area contributed by atoms with Gasteiger partial charge < -0.3 is 5.32 Å². The standard InChI is InChI=1S/C19H17N3O4/c1-12(2)13-7-9-14(10-8-13)20-19-16-6-4-3-5-15(16)17(21(23)24)11-18(19)22(25)26/h3-12,20H,1-2H3. The van der Waals surface area contributed by atoms with Crippen molar-refractivity contribution in [2.24, 2.45) is 0 Å². The minimum atomic E-state index is -0.607. The van der Waals surface area contributed by atoms with Crippen LogP contribution in [-0.2, 0) is 0 Å². The van der Waals surface area contributed by atoms with Gasteiger partial charge in [0.2, 0.25) is 0 Å². The highest BCUT2D eigenvalue weighted by atomic mass is 16.6. The first kappa shape index (κ1) is 17.3. The number of benzene rings is 3. The molecule has 0 heterocycles. The molecule has 0 bridgehead atoms. The van der Waals surface area contributed by atoms with E-state index >= 15 is 0 Å². The topological polar surface area (TPSA) is 98.3 Å². The molecule has 0 aliphatic heterocycles. The first-order valence-corrected chi connectivity index (χ1v) is 8.10. The third-order valence-corrected chi connectivity index (χ3v) is 4.24. The summed E-state index contributed by atoms with van der Waals surface area (Å²) in [5.41, 5.74) is 1.46. The lowest BCUT2D eigenvalue weighted by Gasteiger charge is -2.12. The molecule has 0 aliphatic carbocycles. The van der Waals surface area contributed by atoms with E-state index in [1.165, 1.54) is 0 Å². The van der Waals surface area contributed by atoms with Gasteiger partial charge in [0.25, 0.3) is 11.4 Å². The number of hydrogen-bond acceptors (Lipinski definition) is 5. The van der Waals surface area contributed by atoms with Crippen LogP contribution in [0.1, 0.15) is 25.3 Å². The molecule has 1 N–H and O–H groups in total. The largest absolute Gasteiger partial charge is 0.349 e. The van der Waals surface area contributed by atoms with E-state index < -0.39 is 9.85 Å². The van der Waals surface area contributed by atoms with Crippen molar-refractivity contribution in [3.05, 3.63) is 80.4 Å². The molecule has 0 radical (unpaired) electrons. The van der Waals surface area contributed by atoms with Crippen LogP contribution in [0.5, 0.6) is 0 Å². The predicted octanol–water partition coefficient (Wildman–Crippen LogP) is 5.52. The van der Waals surface area contributed by atoms with Crippen molar-refractivity contribution in [3.63, 3.8) is 0 Å². The Kier molecular flexibility index (Phi) is 4.53.